The first-order valence-electron chi connectivity index (χ1n) is 24.1. The molecule has 0 aliphatic rings. The molecule has 0 fully saturated rings. The Hall–Kier alpha value is -1.59. The molecule has 0 bridgehead atoms. The summed E-state index contributed by atoms with van der Waals surface area (Å²) in [5.41, 5.74) is 0. The molecule has 2 atom stereocenters. The molecule has 0 saturated carbocycles. The van der Waals surface area contributed by atoms with Gasteiger partial charge < -0.3 is 14.2 Å². The Kier molecular flexibility index (Phi) is 39.4. The van der Waals surface area contributed by atoms with Crippen LogP contribution in [0.5, 0.6) is 0 Å². The van der Waals surface area contributed by atoms with Gasteiger partial charge >= 0.3 is 17.9 Å². The van der Waals surface area contributed by atoms with E-state index in [4.69, 9.17) is 14.2 Å². The summed E-state index contributed by atoms with van der Waals surface area (Å²) in [5.74, 6) is 1.61. The lowest BCUT2D eigenvalue weighted by molar-refractivity contribution is -0.167. The maximum atomic E-state index is 12.7. The highest BCUT2D eigenvalue weighted by Crippen LogP contribution is 2.17. The van der Waals surface area contributed by atoms with Crippen LogP contribution < -0.4 is 0 Å². The predicted octanol–water partition coefficient (Wildman–Crippen LogP) is 15.2. The van der Waals surface area contributed by atoms with Gasteiger partial charge in [0.1, 0.15) is 13.2 Å². The third-order valence-corrected chi connectivity index (χ3v) is 11.3. The molecule has 0 aromatic rings. The van der Waals surface area contributed by atoms with Gasteiger partial charge in [0.05, 0.1) is 0 Å². The highest BCUT2D eigenvalue weighted by atomic mass is 16.6. The van der Waals surface area contributed by atoms with Gasteiger partial charge in [-0.3, -0.25) is 14.4 Å². The summed E-state index contributed by atoms with van der Waals surface area (Å²) in [6, 6.07) is 0. The summed E-state index contributed by atoms with van der Waals surface area (Å²) in [4.78, 5) is 37.8. The van der Waals surface area contributed by atoms with Crippen molar-refractivity contribution >= 4 is 17.9 Å². The number of hydrogen-bond acceptors (Lipinski definition) is 6. The number of unbranched alkanes of at least 4 members (excludes halogenated alkanes) is 24. The van der Waals surface area contributed by atoms with Gasteiger partial charge in [-0.15, -0.1) is 0 Å². The number of ether oxygens (including phenoxy) is 3. The highest BCUT2D eigenvalue weighted by molar-refractivity contribution is 5.71. The minimum atomic E-state index is -0.762. The number of carbonyl (C=O) groups is 3. The average molecular weight is 779 g/mol. The molecule has 326 valence electrons. The Morgan fingerprint density at radius 1 is 0.364 bits per heavy atom. The van der Waals surface area contributed by atoms with Gasteiger partial charge in [0.15, 0.2) is 6.10 Å². The second-order valence-corrected chi connectivity index (χ2v) is 17.9. The maximum absolute atomic E-state index is 12.7. The average Bonchev–Trinajstić information content (AvgIpc) is 3.15. The van der Waals surface area contributed by atoms with Gasteiger partial charge in [0, 0.05) is 19.3 Å². The van der Waals surface area contributed by atoms with E-state index in [1.54, 1.807) is 0 Å². The zero-order valence-electron chi connectivity index (χ0n) is 37.7. The smallest absolute Gasteiger partial charge is 0.306 e. The minimum absolute atomic E-state index is 0.0659. The second-order valence-electron chi connectivity index (χ2n) is 17.9. The molecule has 55 heavy (non-hydrogen) atoms. The topological polar surface area (TPSA) is 78.9 Å². The van der Waals surface area contributed by atoms with Crippen LogP contribution in [0.3, 0.4) is 0 Å². The normalized spacial score (nSPS) is 12.7. The van der Waals surface area contributed by atoms with Gasteiger partial charge in [0.25, 0.3) is 0 Å². The van der Waals surface area contributed by atoms with Crippen LogP contribution in [-0.4, -0.2) is 37.2 Å². The van der Waals surface area contributed by atoms with E-state index in [9.17, 15) is 14.4 Å². The first-order valence-corrected chi connectivity index (χ1v) is 24.1. The fourth-order valence-electron chi connectivity index (χ4n) is 7.20. The Morgan fingerprint density at radius 2 is 0.636 bits per heavy atom. The van der Waals surface area contributed by atoms with E-state index in [0.717, 1.165) is 75.5 Å². The quantitative estimate of drug-likeness (QED) is 0.0349. The van der Waals surface area contributed by atoms with E-state index >= 15 is 0 Å². The molecule has 0 aromatic heterocycles. The second kappa shape index (κ2) is 40.6. The Morgan fingerprint density at radius 3 is 0.945 bits per heavy atom. The van der Waals surface area contributed by atoms with Gasteiger partial charge in [-0.1, -0.05) is 221 Å². The van der Waals surface area contributed by atoms with E-state index in [-0.39, 0.29) is 31.1 Å². The van der Waals surface area contributed by atoms with Crippen LogP contribution >= 0.6 is 0 Å². The van der Waals surface area contributed by atoms with Crippen molar-refractivity contribution < 1.29 is 28.6 Å². The van der Waals surface area contributed by atoms with Crippen molar-refractivity contribution in [2.45, 2.75) is 266 Å². The third kappa shape index (κ3) is 41.9. The lowest BCUT2D eigenvalue weighted by atomic mass is 9.99. The molecular weight excluding hydrogens is 685 g/mol. The van der Waals surface area contributed by atoms with Crippen molar-refractivity contribution in [1.82, 2.24) is 0 Å². The lowest BCUT2D eigenvalue weighted by Crippen LogP contribution is -2.30. The standard InChI is InChI=1S/C49H94O6/c1-7-45(6)37-31-25-19-14-16-22-28-34-40-49(52)55-46(42-54-48(51)39-33-27-21-15-13-18-24-30-36-44(4)5)41-53-47(50)38-32-26-20-12-10-8-9-11-17-23-29-35-43(2)3/h43-46H,7-42H2,1-6H3/t45?,46-/m0/s1. The predicted molar refractivity (Wildman–Crippen MR) is 233 cm³/mol. The highest BCUT2D eigenvalue weighted by Gasteiger charge is 2.19. The molecule has 0 saturated heterocycles. The van der Waals surface area contributed by atoms with Crippen LogP contribution in [0.2, 0.25) is 0 Å². The fraction of sp³-hybridized carbons (Fsp3) is 0.939. The van der Waals surface area contributed by atoms with Crippen molar-refractivity contribution in [1.29, 1.82) is 0 Å². The van der Waals surface area contributed by atoms with Gasteiger partial charge in [-0.25, -0.2) is 0 Å². The van der Waals surface area contributed by atoms with Gasteiger partial charge in [-0.2, -0.15) is 0 Å². The first kappa shape index (κ1) is 53.4. The van der Waals surface area contributed by atoms with Crippen molar-refractivity contribution in [3.05, 3.63) is 0 Å². The number of esters is 3. The summed E-state index contributed by atoms with van der Waals surface area (Å²) < 4.78 is 16.8. The minimum Gasteiger partial charge on any atom is -0.462 e. The third-order valence-electron chi connectivity index (χ3n) is 11.3. The molecule has 0 N–H and O–H groups in total. The SMILES string of the molecule is CCC(C)CCCCCCCCCCC(=O)O[C@@H](COC(=O)CCCCCCCCCCCCCC(C)C)COC(=O)CCCCCCCCCCC(C)C. The van der Waals surface area contributed by atoms with Crippen LogP contribution in [0.1, 0.15) is 260 Å². The van der Waals surface area contributed by atoms with Crippen LogP contribution in [0.15, 0.2) is 0 Å². The zero-order chi connectivity index (χ0) is 40.6. The maximum Gasteiger partial charge on any atom is 0.306 e. The molecule has 0 spiro atoms. The fourth-order valence-corrected chi connectivity index (χ4v) is 7.20. The van der Waals surface area contributed by atoms with Gasteiger partial charge in [-0.05, 0) is 37.0 Å². The molecule has 0 amide bonds. The van der Waals surface area contributed by atoms with Crippen LogP contribution in [0.4, 0.5) is 0 Å². The zero-order valence-corrected chi connectivity index (χ0v) is 37.7. The molecule has 0 aromatic carbocycles. The monoisotopic (exact) mass is 779 g/mol. The molecule has 1 unspecified atom stereocenters. The number of carbonyl (C=O) groups excluding carboxylic acids is 3. The van der Waals surface area contributed by atoms with E-state index in [2.05, 4.69) is 41.5 Å². The largest absolute Gasteiger partial charge is 0.462 e. The summed E-state index contributed by atoms with van der Waals surface area (Å²) >= 11 is 0. The van der Waals surface area contributed by atoms with Crippen molar-refractivity contribution in [2.75, 3.05) is 13.2 Å². The van der Waals surface area contributed by atoms with Crippen molar-refractivity contribution in [3.8, 4) is 0 Å². The number of rotatable bonds is 42. The summed E-state index contributed by atoms with van der Waals surface area (Å²) in [5, 5.41) is 0. The van der Waals surface area contributed by atoms with Crippen LogP contribution in [0.25, 0.3) is 0 Å². The van der Waals surface area contributed by atoms with Crippen LogP contribution in [-0.2, 0) is 28.6 Å². The molecule has 6 heteroatoms. The Balaban J connectivity index is 4.34. The summed E-state index contributed by atoms with van der Waals surface area (Å²) in [6.45, 7) is 13.7. The van der Waals surface area contributed by atoms with Gasteiger partial charge in [0.2, 0.25) is 0 Å². The summed E-state index contributed by atoms with van der Waals surface area (Å²) in [7, 11) is 0. The molecule has 0 heterocycles. The molecular formula is C49H94O6. The summed E-state index contributed by atoms with van der Waals surface area (Å²) in [6.07, 6.45) is 38.0. The lowest BCUT2D eigenvalue weighted by Gasteiger charge is -2.18. The molecule has 6 nitrogen and oxygen atoms in total. The van der Waals surface area contributed by atoms with Crippen LogP contribution in [0, 0.1) is 17.8 Å². The van der Waals surface area contributed by atoms with E-state index in [1.165, 1.54) is 141 Å². The molecule has 0 radical (unpaired) electrons. The Bertz CT molecular complexity index is 854. The van der Waals surface area contributed by atoms with Crippen molar-refractivity contribution in [2.24, 2.45) is 17.8 Å². The van der Waals surface area contributed by atoms with Crippen molar-refractivity contribution in [3.63, 3.8) is 0 Å². The Labute approximate surface area is 342 Å². The first-order chi connectivity index (χ1) is 26.6. The molecule has 0 aliphatic heterocycles. The van der Waals surface area contributed by atoms with E-state index in [1.807, 2.05) is 0 Å². The van der Waals surface area contributed by atoms with E-state index in [0.29, 0.717) is 19.3 Å². The number of hydrogen-bond donors (Lipinski definition) is 0. The molecule has 0 aliphatic carbocycles. The van der Waals surface area contributed by atoms with E-state index < -0.39 is 6.10 Å². The molecule has 0 rings (SSSR count).